The zero-order valence-electron chi connectivity index (χ0n) is 18.8. The van der Waals surface area contributed by atoms with Crippen LogP contribution in [-0.2, 0) is 11.4 Å². The molecule has 0 atom stereocenters. The summed E-state index contributed by atoms with van der Waals surface area (Å²) in [6, 6.07) is 15.1. The first-order chi connectivity index (χ1) is 17.3. The van der Waals surface area contributed by atoms with Crippen molar-refractivity contribution in [3.05, 3.63) is 97.6 Å². The van der Waals surface area contributed by atoms with Crippen molar-refractivity contribution < 1.29 is 23.6 Å². The number of anilines is 1. The molecule has 0 unspecified atom stereocenters. The first-order valence-corrected chi connectivity index (χ1v) is 12.2. The molecule has 1 saturated heterocycles. The van der Waals surface area contributed by atoms with Crippen molar-refractivity contribution in [2.75, 3.05) is 11.5 Å². The molecule has 1 heterocycles. The summed E-state index contributed by atoms with van der Waals surface area (Å²) in [5, 5.41) is 11.2. The van der Waals surface area contributed by atoms with E-state index in [1.54, 1.807) is 30.3 Å². The highest BCUT2D eigenvalue weighted by atomic mass is 35.5. The lowest BCUT2D eigenvalue weighted by Gasteiger charge is -2.14. The minimum absolute atomic E-state index is 0.0808. The third-order valence-electron chi connectivity index (χ3n) is 5.11. The number of nitro benzene ring substituents is 1. The Morgan fingerprint density at radius 1 is 1.14 bits per heavy atom. The summed E-state index contributed by atoms with van der Waals surface area (Å²) in [6.07, 6.45) is 1.67. The van der Waals surface area contributed by atoms with E-state index in [9.17, 15) is 19.3 Å². The Morgan fingerprint density at radius 2 is 1.89 bits per heavy atom. The van der Waals surface area contributed by atoms with Crippen LogP contribution in [-0.4, -0.2) is 21.8 Å². The lowest BCUT2D eigenvalue weighted by Crippen LogP contribution is -2.27. The predicted octanol–water partition coefficient (Wildman–Crippen LogP) is 6.77. The molecular weight excluding hydrogens is 527 g/mol. The SMILES string of the molecule is CCOc1cc(/C=C2/SC(=S)N(c3ccc([N+](=O)[O-])cc3)C2=O)ccc1OCc1c(F)cccc1Cl. The summed E-state index contributed by atoms with van der Waals surface area (Å²) in [5.74, 6) is 0.00905. The number of benzene rings is 3. The van der Waals surface area contributed by atoms with Crippen LogP contribution in [0, 0.1) is 15.9 Å². The number of hydrogen-bond acceptors (Lipinski definition) is 7. The fourth-order valence-electron chi connectivity index (χ4n) is 3.39. The standard InChI is InChI=1S/C25H18ClFN2O5S2/c1-2-33-22-12-15(6-11-21(22)34-14-18-19(26)4-3-5-20(18)27)13-23-24(30)28(25(35)36-23)16-7-9-17(10-8-16)29(31)32/h3-13H,2,14H2,1H3/b23-13+. The molecule has 0 radical (unpaired) electrons. The predicted molar refractivity (Wildman–Crippen MR) is 142 cm³/mol. The van der Waals surface area contributed by atoms with Crippen molar-refractivity contribution in [2.45, 2.75) is 13.5 Å². The fraction of sp³-hybridized carbons (Fsp3) is 0.120. The van der Waals surface area contributed by atoms with E-state index in [0.29, 0.717) is 38.6 Å². The Balaban J connectivity index is 1.55. The molecule has 3 aromatic carbocycles. The van der Waals surface area contributed by atoms with Gasteiger partial charge in [0.2, 0.25) is 0 Å². The number of ether oxygens (including phenoxy) is 2. The van der Waals surface area contributed by atoms with E-state index in [2.05, 4.69) is 0 Å². The Labute approximate surface area is 220 Å². The van der Waals surface area contributed by atoms with Gasteiger partial charge in [0, 0.05) is 17.7 Å². The van der Waals surface area contributed by atoms with E-state index in [1.807, 2.05) is 6.92 Å². The van der Waals surface area contributed by atoms with Gasteiger partial charge in [0.05, 0.1) is 27.1 Å². The third-order valence-corrected chi connectivity index (χ3v) is 6.77. The molecule has 0 saturated carbocycles. The molecule has 0 N–H and O–H groups in total. The number of rotatable bonds is 8. The Morgan fingerprint density at radius 3 is 2.56 bits per heavy atom. The monoisotopic (exact) mass is 544 g/mol. The highest BCUT2D eigenvalue weighted by molar-refractivity contribution is 8.27. The number of nitro groups is 1. The van der Waals surface area contributed by atoms with Crippen LogP contribution >= 0.6 is 35.6 Å². The quantitative estimate of drug-likeness (QED) is 0.134. The molecule has 3 aromatic rings. The maximum absolute atomic E-state index is 14.1. The zero-order chi connectivity index (χ0) is 25.8. The van der Waals surface area contributed by atoms with Crippen LogP contribution < -0.4 is 14.4 Å². The van der Waals surface area contributed by atoms with Crippen LogP contribution in [0.15, 0.2) is 65.6 Å². The number of nitrogens with zero attached hydrogens (tertiary/aromatic N) is 2. The molecule has 0 aliphatic carbocycles. The molecule has 184 valence electrons. The lowest BCUT2D eigenvalue weighted by molar-refractivity contribution is -0.384. The van der Waals surface area contributed by atoms with Gasteiger partial charge in [0.15, 0.2) is 15.8 Å². The molecule has 1 fully saturated rings. The highest BCUT2D eigenvalue weighted by Crippen LogP contribution is 2.38. The maximum Gasteiger partial charge on any atom is 0.270 e. The van der Waals surface area contributed by atoms with E-state index in [0.717, 1.165) is 11.8 Å². The van der Waals surface area contributed by atoms with E-state index in [1.165, 1.54) is 41.3 Å². The number of thioether (sulfide) groups is 1. The van der Waals surface area contributed by atoms with Crippen molar-refractivity contribution in [2.24, 2.45) is 0 Å². The van der Waals surface area contributed by atoms with E-state index in [4.69, 9.17) is 33.3 Å². The highest BCUT2D eigenvalue weighted by Gasteiger charge is 2.33. The number of carbonyl (C=O) groups is 1. The normalized spacial score (nSPS) is 14.4. The van der Waals surface area contributed by atoms with Gasteiger partial charge in [-0.25, -0.2) is 4.39 Å². The van der Waals surface area contributed by atoms with Gasteiger partial charge in [-0.15, -0.1) is 0 Å². The van der Waals surface area contributed by atoms with Gasteiger partial charge in [-0.05, 0) is 55.0 Å². The van der Waals surface area contributed by atoms with E-state index < -0.39 is 10.7 Å². The minimum atomic E-state index is -0.512. The summed E-state index contributed by atoms with van der Waals surface area (Å²) in [4.78, 5) is 25.2. The van der Waals surface area contributed by atoms with Crippen LogP contribution in [0.1, 0.15) is 18.1 Å². The van der Waals surface area contributed by atoms with Crippen LogP contribution in [0.5, 0.6) is 11.5 Å². The van der Waals surface area contributed by atoms with E-state index in [-0.39, 0.29) is 28.8 Å². The first kappa shape index (κ1) is 25.6. The van der Waals surface area contributed by atoms with Crippen molar-refractivity contribution in [3.8, 4) is 11.5 Å². The number of hydrogen-bond donors (Lipinski definition) is 0. The van der Waals surface area contributed by atoms with Crippen LogP contribution in [0.3, 0.4) is 0 Å². The van der Waals surface area contributed by atoms with Gasteiger partial charge in [-0.3, -0.25) is 19.8 Å². The number of carbonyl (C=O) groups excluding carboxylic acids is 1. The smallest absolute Gasteiger partial charge is 0.270 e. The van der Waals surface area contributed by atoms with Crippen LogP contribution in [0.25, 0.3) is 6.08 Å². The van der Waals surface area contributed by atoms with Gasteiger partial charge in [-0.1, -0.05) is 47.7 Å². The molecule has 1 aliphatic rings. The van der Waals surface area contributed by atoms with Gasteiger partial charge in [-0.2, -0.15) is 0 Å². The van der Waals surface area contributed by atoms with E-state index >= 15 is 0 Å². The fourth-order valence-corrected chi connectivity index (χ4v) is 4.90. The molecule has 1 amide bonds. The van der Waals surface area contributed by atoms with Gasteiger partial charge < -0.3 is 9.47 Å². The van der Waals surface area contributed by atoms with Crippen molar-refractivity contribution >= 4 is 63.3 Å². The topological polar surface area (TPSA) is 81.9 Å². The van der Waals surface area contributed by atoms with Crippen molar-refractivity contribution in [1.82, 2.24) is 0 Å². The zero-order valence-corrected chi connectivity index (χ0v) is 21.2. The average molecular weight is 545 g/mol. The Hall–Kier alpha value is -3.47. The first-order valence-electron chi connectivity index (χ1n) is 10.6. The minimum Gasteiger partial charge on any atom is -0.490 e. The number of amides is 1. The Kier molecular flexibility index (Phi) is 7.88. The number of thiocarbonyl (C=S) groups is 1. The molecule has 0 spiro atoms. The average Bonchev–Trinajstić information content (AvgIpc) is 3.12. The van der Waals surface area contributed by atoms with Crippen molar-refractivity contribution in [3.63, 3.8) is 0 Å². The Bertz CT molecular complexity index is 1360. The van der Waals surface area contributed by atoms with Gasteiger partial charge in [0.25, 0.3) is 11.6 Å². The molecule has 11 heteroatoms. The van der Waals surface area contributed by atoms with Crippen LogP contribution in [0.4, 0.5) is 15.8 Å². The summed E-state index contributed by atoms with van der Waals surface area (Å²) in [5.41, 5.74) is 1.26. The summed E-state index contributed by atoms with van der Waals surface area (Å²) in [6.45, 7) is 2.10. The largest absolute Gasteiger partial charge is 0.490 e. The molecular formula is C25H18ClFN2O5S2. The number of non-ortho nitro benzene ring substituents is 1. The molecule has 4 rings (SSSR count). The number of halogens is 2. The van der Waals surface area contributed by atoms with Crippen LogP contribution in [0.2, 0.25) is 5.02 Å². The summed E-state index contributed by atoms with van der Waals surface area (Å²) in [7, 11) is 0. The second-order valence-corrected chi connectivity index (χ2v) is 9.50. The molecule has 0 aromatic heterocycles. The third kappa shape index (κ3) is 5.51. The van der Waals surface area contributed by atoms with Crippen molar-refractivity contribution in [1.29, 1.82) is 0 Å². The summed E-state index contributed by atoms with van der Waals surface area (Å²) >= 11 is 12.6. The van der Waals surface area contributed by atoms with Gasteiger partial charge >= 0.3 is 0 Å². The molecule has 36 heavy (non-hydrogen) atoms. The second kappa shape index (κ2) is 11.1. The second-order valence-electron chi connectivity index (χ2n) is 7.42. The summed E-state index contributed by atoms with van der Waals surface area (Å²) < 4.78 is 25.9. The molecule has 1 aliphatic heterocycles. The van der Waals surface area contributed by atoms with Gasteiger partial charge in [0.1, 0.15) is 12.4 Å². The molecule has 0 bridgehead atoms. The lowest BCUT2D eigenvalue weighted by atomic mass is 10.1. The maximum atomic E-state index is 14.1. The molecule has 7 nitrogen and oxygen atoms in total.